The molecule has 0 spiro atoms. The van der Waals surface area contributed by atoms with E-state index in [1.54, 1.807) is 24.3 Å². The first-order valence-corrected chi connectivity index (χ1v) is 10.1. The number of carboxylic acids is 1. The van der Waals surface area contributed by atoms with Gasteiger partial charge in [0, 0.05) is 12.8 Å². The highest BCUT2D eigenvalue weighted by Gasteiger charge is 2.17. The van der Waals surface area contributed by atoms with Gasteiger partial charge in [0.2, 0.25) is 0 Å². The van der Waals surface area contributed by atoms with Gasteiger partial charge in [-0.2, -0.15) is 0 Å². The zero-order valence-electron chi connectivity index (χ0n) is 17.2. The lowest BCUT2D eigenvalue weighted by atomic mass is 9.99. The summed E-state index contributed by atoms with van der Waals surface area (Å²) in [5.41, 5.74) is 2.10. The van der Waals surface area contributed by atoms with Crippen LogP contribution in [0.25, 0.3) is 11.1 Å². The number of hydrogen-bond donors (Lipinski definition) is 1. The van der Waals surface area contributed by atoms with Gasteiger partial charge in [0.1, 0.15) is 5.82 Å². The average molecular weight is 407 g/mol. The third-order valence-corrected chi connectivity index (χ3v) is 5.00. The molecule has 30 heavy (non-hydrogen) atoms. The van der Waals surface area contributed by atoms with Gasteiger partial charge in [-0.25, -0.2) is 9.59 Å². The van der Waals surface area contributed by atoms with Crippen LogP contribution < -0.4 is 5.69 Å². The van der Waals surface area contributed by atoms with Gasteiger partial charge < -0.3 is 5.11 Å². The number of aryl methyl sites for hydroxylation is 1. The van der Waals surface area contributed by atoms with Gasteiger partial charge in [0.15, 0.2) is 0 Å². The first-order chi connectivity index (χ1) is 14.5. The molecule has 1 aromatic heterocycles. The molecular formula is C23H25N3O4. The van der Waals surface area contributed by atoms with Gasteiger partial charge in [-0.3, -0.25) is 9.36 Å². The zero-order chi connectivity index (χ0) is 21.7. The normalized spacial score (nSPS) is 10.9. The highest BCUT2D eigenvalue weighted by atomic mass is 16.4. The molecule has 0 unspecified atom stereocenters. The maximum absolute atomic E-state index is 12.7. The van der Waals surface area contributed by atoms with E-state index in [-0.39, 0.29) is 11.5 Å². The van der Waals surface area contributed by atoms with Crippen LogP contribution in [0.5, 0.6) is 0 Å². The number of rotatable bonds is 8. The monoisotopic (exact) mass is 407 g/mol. The van der Waals surface area contributed by atoms with Crippen LogP contribution in [0.3, 0.4) is 0 Å². The number of carbonyl (C=O) groups is 2. The van der Waals surface area contributed by atoms with Crippen LogP contribution in [0.15, 0.2) is 53.3 Å². The molecule has 1 heterocycles. The second-order valence-corrected chi connectivity index (χ2v) is 7.10. The fourth-order valence-electron chi connectivity index (χ4n) is 3.35. The highest BCUT2D eigenvalue weighted by Crippen LogP contribution is 2.24. The summed E-state index contributed by atoms with van der Waals surface area (Å²) in [6.07, 6.45) is 2.43. The Hall–Kier alpha value is -3.48. The fourth-order valence-corrected chi connectivity index (χ4v) is 3.35. The average Bonchev–Trinajstić information content (AvgIpc) is 3.08. The van der Waals surface area contributed by atoms with Crippen molar-refractivity contribution in [2.24, 2.45) is 0 Å². The smallest absolute Gasteiger partial charge is 0.353 e. The van der Waals surface area contributed by atoms with Crippen molar-refractivity contribution in [2.45, 2.75) is 46.1 Å². The Morgan fingerprint density at radius 2 is 1.73 bits per heavy atom. The maximum atomic E-state index is 12.7. The van der Waals surface area contributed by atoms with Crippen molar-refractivity contribution in [1.82, 2.24) is 14.3 Å². The van der Waals surface area contributed by atoms with E-state index in [0.29, 0.717) is 30.8 Å². The molecule has 7 heteroatoms. The Bertz CT molecular complexity index is 1110. The van der Waals surface area contributed by atoms with Crippen LogP contribution in [0.1, 0.15) is 59.7 Å². The van der Waals surface area contributed by atoms with E-state index < -0.39 is 11.7 Å². The highest BCUT2D eigenvalue weighted by molar-refractivity contribution is 5.95. The van der Waals surface area contributed by atoms with E-state index in [2.05, 4.69) is 5.10 Å². The SMILES string of the molecule is CCCCC(=O)n1nc(CC)n(Cc2ccc(-c3ccccc3C(=O)O)cc2)c1=O. The summed E-state index contributed by atoms with van der Waals surface area (Å²) in [6, 6.07) is 14.2. The number of aromatic nitrogens is 3. The summed E-state index contributed by atoms with van der Waals surface area (Å²) < 4.78 is 2.50. The molecule has 0 radical (unpaired) electrons. The van der Waals surface area contributed by atoms with Crippen molar-refractivity contribution in [2.75, 3.05) is 0 Å². The van der Waals surface area contributed by atoms with Gasteiger partial charge in [-0.1, -0.05) is 62.7 Å². The molecule has 2 aromatic carbocycles. The Kier molecular flexibility index (Phi) is 6.61. The number of carboxylic acid groups (broad SMARTS) is 1. The predicted octanol–water partition coefficient (Wildman–Crippen LogP) is 3.85. The molecule has 156 valence electrons. The minimum atomic E-state index is -0.978. The van der Waals surface area contributed by atoms with Crippen LogP contribution >= 0.6 is 0 Å². The minimum absolute atomic E-state index is 0.238. The van der Waals surface area contributed by atoms with Crippen molar-refractivity contribution in [3.8, 4) is 11.1 Å². The Labute approximate surface area is 174 Å². The van der Waals surface area contributed by atoms with E-state index >= 15 is 0 Å². The second kappa shape index (κ2) is 9.35. The molecular weight excluding hydrogens is 382 g/mol. The molecule has 0 amide bonds. The van der Waals surface area contributed by atoms with Gasteiger partial charge in [0.25, 0.3) is 5.91 Å². The van der Waals surface area contributed by atoms with Gasteiger partial charge in [-0.15, -0.1) is 9.78 Å². The van der Waals surface area contributed by atoms with Gasteiger partial charge >= 0.3 is 11.7 Å². The predicted molar refractivity (Wildman–Crippen MR) is 114 cm³/mol. The molecule has 0 aliphatic rings. The number of carbonyl (C=O) groups excluding carboxylic acids is 1. The summed E-state index contributed by atoms with van der Waals surface area (Å²) in [4.78, 5) is 36.5. The lowest BCUT2D eigenvalue weighted by Gasteiger charge is -2.08. The summed E-state index contributed by atoms with van der Waals surface area (Å²) in [5, 5.41) is 13.6. The number of unbranched alkanes of at least 4 members (excludes halogenated alkanes) is 1. The fraction of sp³-hybridized carbons (Fsp3) is 0.304. The van der Waals surface area contributed by atoms with E-state index in [0.717, 1.165) is 28.7 Å². The summed E-state index contributed by atoms with van der Waals surface area (Å²) >= 11 is 0. The van der Waals surface area contributed by atoms with E-state index in [9.17, 15) is 19.5 Å². The van der Waals surface area contributed by atoms with Crippen LogP contribution in [-0.4, -0.2) is 31.3 Å². The summed E-state index contributed by atoms with van der Waals surface area (Å²) in [6.45, 7) is 4.18. The number of nitrogens with zero attached hydrogens (tertiary/aromatic N) is 3. The Balaban J connectivity index is 1.88. The van der Waals surface area contributed by atoms with Crippen LogP contribution in [0, 0.1) is 0 Å². The minimum Gasteiger partial charge on any atom is -0.478 e. The Morgan fingerprint density at radius 3 is 2.37 bits per heavy atom. The molecule has 7 nitrogen and oxygen atoms in total. The van der Waals surface area contributed by atoms with Crippen LogP contribution in [0.4, 0.5) is 0 Å². The van der Waals surface area contributed by atoms with Gasteiger partial charge in [0.05, 0.1) is 12.1 Å². The van der Waals surface area contributed by atoms with E-state index in [1.807, 2.05) is 38.1 Å². The summed E-state index contributed by atoms with van der Waals surface area (Å²) in [5.74, 6) is -0.699. The molecule has 0 fully saturated rings. The molecule has 0 bridgehead atoms. The van der Waals surface area contributed by atoms with Crippen LogP contribution in [0.2, 0.25) is 0 Å². The van der Waals surface area contributed by atoms with E-state index in [4.69, 9.17) is 0 Å². The molecule has 3 aromatic rings. The standard InChI is InChI=1S/C23H25N3O4/c1-3-5-10-21(27)26-23(30)25(20(4-2)24-26)15-16-11-13-17(14-12-16)18-8-6-7-9-19(18)22(28)29/h6-9,11-14H,3-5,10,15H2,1-2H3,(H,28,29). The van der Waals surface area contributed by atoms with Crippen molar-refractivity contribution < 1.29 is 14.7 Å². The Morgan fingerprint density at radius 1 is 1.03 bits per heavy atom. The molecule has 1 N–H and O–H groups in total. The van der Waals surface area contributed by atoms with Crippen LogP contribution in [-0.2, 0) is 13.0 Å². The topological polar surface area (TPSA) is 94.2 Å². The lowest BCUT2D eigenvalue weighted by molar-refractivity contribution is 0.0697. The lowest BCUT2D eigenvalue weighted by Crippen LogP contribution is -2.30. The third-order valence-electron chi connectivity index (χ3n) is 5.00. The maximum Gasteiger partial charge on any atom is 0.353 e. The molecule has 3 rings (SSSR count). The quantitative estimate of drug-likeness (QED) is 0.612. The number of benzene rings is 2. The molecule has 0 saturated heterocycles. The third kappa shape index (κ3) is 4.40. The first kappa shape index (κ1) is 21.2. The van der Waals surface area contributed by atoms with Crippen molar-refractivity contribution in [3.63, 3.8) is 0 Å². The molecule has 0 saturated carbocycles. The molecule has 0 atom stereocenters. The van der Waals surface area contributed by atoms with Gasteiger partial charge in [-0.05, 0) is 29.2 Å². The van der Waals surface area contributed by atoms with Crippen molar-refractivity contribution in [3.05, 3.63) is 76.0 Å². The second-order valence-electron chi connectivity index (χ2n) is 7.10. The van der Waals surface area contributed by atoms with Crippen molar-refractivity contribution >= 4 is 11.9 Å². The van der Waals surface area contributed by atoms with Crippen molar-refractivity contribution in [1.29, 1.82) is 0 Å². The largest absolute Gasteiger partial charge is 0.478 e. The number of hydrogen-bond acceptors (Lipinski definition) is 4. The zero-order valence-corrected chi connectivity index (χ0v) is 17.2. The van der Waals surface area contributed by atoms with E-state index in [1.165, 1.54) is 4.57 Å². The number of aromatic carboxylic acids is 1. The molecule has 0 aliphatic carbocycles. The molecule has 0 aliphatic heterocycles. The summed E-state index contributed by atoms with van der Waals surface area (Å²) in [7, 11) is 0. The first-order valence-electron chi connectivity index (χ1n) is 10.1.